The smallest absolute Gasteiger partial charge is 0.283 e. The molecule has 0 spiro atoms. The number of rotatable bonds is 5. The predicted molar refractivity (Wildman–Crippen MR) is 139 cm³/mol. The molecule has 2 aromatic rings. The van der Waals surface area contributed by atoms with Crippen LogP contribution in [-0.2, 0) is 37.9 Å². The third kappa shape index (κ3) is 4.44. The van der Waals surface area contributed by atoms with E-state index in [0.717, 1.165) is 0 Å². The Balaban J connectivity index is 1.58. The van der Waals surface area contributed by atoms with Crippen LogP contribution >= 0.6 is 0 Å². The Morgan fingerprint density at radius 1 is 1.05 bits per heavy atom. The number of hydrogen-bond acceptors (Lipinski definition) is 6. The summed E-state index contributed by atoms with van der Waals surface area (Å²) in [6.07, 6.45) is 0.458. The van der Waals surface area contributed by atoms with Crippen LogP contribution in [-0.4, -0.2) is 61.1 Å². The van der Waals surface area contributed by atoms with Gasteiger partial charge in [0.05, 0.1) is 11.8 Å². The van der Waals surface area contributed by atoms with E-state index in [4.69, 9.17) is 0 Å². The average molecular weight is 562 g/mol. The van der Waals surface area contributed by atoms with Crippen LogP contribution in [0.4, 0.5) is 4.39 Å². The highest BCUT2D eigenvalue weighted by atomic mass is 32.2. The van der Waals surface area contributed by atoms with E-state index in [1.54, 1.807) is 18.2 Å². The summed E-state index contributed by atoms with van der Waals surface area (Å²) in [4.78, 5) is 15.1. The van der Waals surface area contributed by atoms with E-state index in [1.807, 2.05) is 20.8 Å². The summed E-state index contributed by atoms with van der Waals surface area (Å²) in [5.41, 5.74) is 0.0374. The van der Waals surface area contributed by atoms with E-state index in [1.165, 1.54) is 33.5 Å². The topological polar surface area (TPSA) is 124 Å². The minimum absolute atomic E-state index is 0.00384. The van der Waals surface area contributed by atoms with Crippen molar-refractivity contribution >= 4 is 31.7 Å². The van der Waals surface area contributed by atoms with Crippen molar-refractivity contribution in [1.82, 2.24) is 9.21 Å². The number of aliphatic hydroxyl groups excluding tert-OH is 1. The quantitative estimate of drug-likeness (QED) is 0.598. The number of halogens is 1. The molecule has 1 amide bonds. The van der Waals surface area contributed by atoms with Crippen LogP contribution in [0.2, 0.25) is 0 Å². The van der Waals surface area contributed by atoms with Crippen molar-refractivity contribution in [1.29, 1.82) is 0 Å². The summed E-state index contributed by atoms with van der Waals surface area (Å²) in [6, 6.07) is 9.48. The van der Waals surface area contributed by atoms with Gasteiger partial charge in [-0.1, -0.05) is 51.1 Å². The molecule has 3 aliphatic heterocycles. The highest BCUT2D eigenvalue weighted by Gasteiger charge is 2.49. The van der Waals surface area contributed by atoms with Crippen LogP contribution in [0.5, 0.6) is 0 Å². The Labute approximate surface area is 221 Å². The van der Waals surface area contributed by atoms with Gasteiger partial charge < -0.3 is 10.0 Å². The monoisotopic (exact) mass is 561 g/mol. The number of carbonyl (C=O) groups excluding carboxylic acids is 1. The first-order chi connectivity index (χ1) is 17.7. The van der Waals surface area contributed by atoms with Gasteiger partial charge in [-0.15, -0.1) is 0 Å². The van der Waals surface area contributed by atoms with Gasteiger partial charge in [-0.2, -0.15) is 17.1 Å². The van der Waals surface area contributed by atoms with Crippen LogP contribution in [0.1, 0.15) is 43.9 Å². The van der Waals surface area contributed by atoms with Crippen molar-refractivity contribution in [3.05, 3.63) is 76.3 Å². The van der Waals surface area contributed by atoms with Gasteiger partial charge >= 0.3 is 0 Å². The number of amides is 1. The Kier molecular flexibility index (Phi) is 6.27. The second kappa shape index (κ2) is 8.99. The lowest BCUT2D eigenvalue weighted by molar-refractivity contribution is -0.129. The van der Waals surface area contributed by atoms with Crippen LogP contribution in [0, 0.1) is 11.2 Å². The van der Waals surface area contributed by atoms with Gasteiger partial charge in [0.25, 0.3) is 15.9 Å². The molecule has 1 fully saturated rings. The molecule has 1 saturated heterocycles. The lowest BCUT2D eigenvalue weighted by Crippen LogP contribution is -2.43. The van der Waals surface area contributed by atoms with Crippen molar-refractivity contribution in [2.24, 2.45) is 9.81 Å². The largest absolute Gasteiger partial charge is 0.509 e. The van der Waals surface area contributed by atoms with Crippen LogP contribution in [0.15, 0.2) is 63.1 Å². The highest BCUT2D eigenvalue weighted by molar-refractivity contribution is 7.91. The van der Waals surface area contributed by atoms with E-state index in [2.05, 4.69) is 4.40 Å². The zero-order chi connectivity index (χ0) is 27.6. The number of aliphatic hydroxyl groups is 1. The van der Waals surface area contributed by atoms with Gasteiger partial charge in [0, 0.05) is 25.2 Å². The third-order valence-electron chi connectivity index (χ3n) is 7.00. The Morgan fingerprint density at radius 3 is 2.34 bits per heavy atom. The number of nitrogens with zero attached hydrogens (tertiary/aromatic N) is 3. The van der Waals surface area contributed by atoms with E-state index < -0.39 is 43.2 Å². The Morgan fingerprint density at radius 2 is 1.74 bits per heavy atom. The zero-order valence-corrected chi connectivity index (χ0v) is 22.8. The molecular formula is C26H28FN3O6S2. The molecule has 0 saturated carbocycles. The maximum absolute atomic E-state index is 13.8. The summed E-state index contributed by atoms with van der Waals surface area (Å²) in [5.74, 6) is -1.31. The first-order valence-corrected chi connectivity index (χ1v) is 15.2. The molecule has 0 aromatic heterocycles. The van der Waals surface area contributed by atoms with Gasteiger partial charge in [0.1, 0.15) is 27.8 Å². The summed E-state index contributed by atoms with van der Waals surface area (Å²) in [6.45, 7) is 5.75. The maximum atomic E-state index is 13.8. The predicted octanol–water partition coefficient (Wildman–Crippen LogP) is 3.12. The summed E-state index contributed by atoms with van der Waals surface area (Å²) in [5, 5.41) is 11.4. The van der Waals surface area contributed by atoms with E-state index >= 15 is 0 Å². The lowest BCUT2D eigenvalue weighted by atomic mass is 9.84. The minimum atomic E-state index is -4.27. The average Bonchev–Trinajstić information content (AvgIpc) is 3.38. The van der Waals surface area contributed by atoms with E-state index in [0.29, 0.717) is 12.0 Å². The molecule has 1 atom stereocenters. The van der Waals surface area contributed by atoms with Crippen LogP contribution in [0.25, 0.3) is 0 Å². The molecule has 202 valence electrons. The van der Waals surface area contributed by atoms with Crippen molar-refractivity contribution in [2.45, 2.75) is 51.2 Å². The summed E-state index contributed by atoms with van der Waals surface area (Å²) in [7, 11) is -7.76. The molecular weight excluding hydrogens is 533 g/mol. The molecule has 3 aliphatic rings. The SMILES string of the molecule is CC(C)(C)[C@H]1C(O)=C(C2=NS(=O)(=O)c3c(CN4CCCS4(=O)=O)cccc32)C(=O)N1Cc1ccc(F)cc1. The molecule has 0 aliphatic carbocycles. The molecule has 9 nitrogen and oxygen atoms in total. The number of benzene rings is 2. The minimum Gasteiger partial charge on any atom is -0.509 e. The third-order valence-corrected chi connectivity index (χ3v) is 10.3. The fourth-order valence-corrected chi connectivity index (χ4v) is 8.28. The van der Waals surface area contributed by atoms with Gasteiger partial charge in [-0.25, -0.2) is 12.8 Å². The molecule has 0 radical (unpaired) electrons. The maximum Gasteiger partial charge on any atom is 0.283 e. The van der Waals surface area contributed by atoms with Crippen LogP contribution in [0.3, 0.4) is 0 Å². The van der Waals surface area contributed by atoms with Crippen molar-refractivity contribution < 1.29 is 31.1 Å². The summed E-state index contributed by atoms with van der Waals surface area (Å²) < 4.78 is 69.8. The molecule has 2 aromatic carbocycles. The van der Waals surface area contributed by atoms with E-state index in [-0.39, 0.29) is 58.5 Å². The number of fused-ring (bicyclic) bond motifs is 1. The fraction of sp³-hybridized carbons (Fsp3) is 0.385. The molecule has 12 heteroatoms. The molecule has 0 unspecified atom stereocenters. The van der Waals surface area contributed by atoms with Gasteiger partial charge in [0.15, 0.2) is 0 Å². The zero-order valence-electron chi connectivity index (χ0n) is 21.2. The molecule has 5 rings (SSSR count). The van der Waals surface area contributed by atoms with Crippen molar-refractivity contribution in [3.8, 4) is 0 Å². The van der Waals surface area contributed by atoms with Gasteiger partial charge in [-0.3, -0.25) is 4.79 Å². The molecule has 3 heterocycles. The lowest BCUT2D eigenvalue weighted by Gasteiger charge is -2.35. The Bertz CT molecular complexity index is 1610. The number of sulfonamides is 2. The van der Waals surface area contributed by atoms with Crippen LogP contribution < -0.4 is 0 Å². The first kappa shape index (κ1) is 26.5. The number of hydrogen-bond donors (Lipinski definition) is 1. The Hall–Kier alpha value is -3.09. The molecule has 38 heavy (non-hydrogen) atoms. The van der Waals surface area contributed by atoms with E-state index in [9.17, 15) is 31.1 Å². The van der Waals surface area contributed by atoms with Crippen molar-refractivity contribution in [3.63, 3.8) is 0 Å². The fourth-order valence-electron chi connectivity index (χ4n) is 5.36. The number of carbonyl (C=O) groups is 1. The second-order valence-electron chi connectivity index (χ2n) is 10.8. The summed E-state index contributed by atoms with van der Waals surface area (Å²) >= 11 is 0. The van der Waals surface area contributed by atoms with Gasteiger partial charge in [-0.05, 0) is 35.1 Å². The molecule has 1 N–H and O–H groups in total. The normalized spacial score (nSPS) is 22.7. The highest BCUT2D eigenvalue weighted by Crippen LogP contribution is 2.41. The van der Waals surface area contributed by atoms with Crippen molar-refractivity contribution in [2.75, 3.05) is 12.3 Å². The molecule has 0 bridgehead atoms. The van der Waals surface area contributed by atoms with Gasteiger partial charge in [0.2, 0.25) is 10.0 Å². The standard InChI is InChI=1S/C26H28FN3O6S2/c1-26(2,3)24-22(31)20(25(32)30(24)14-16-8-10-18(27)11-9-16)21-19-7-4-6-17(23(19)38(35,36)28-21)15-29-12-5-13-37(29,33)34/h4,6-11,24,31H,5,12-15H2,1-3H3/t24-/m1/s1. The first-order valence-electron chi connectivity index (χ1n) is 12.1. The second-order valence-corrected chi connectivity index (χ2v) is 14.4.